The SMILES string of the molecule is Cn1ncc([C@@H](CC(=O)O)NC(=O)OCC2c3ccccc3-c3ccccc32)c1Br. The molecule has 0 spiro atoms. The molecule has 4 rings (SSSR count). The fraction of sp³-hybridized carbons (Fsp3) is 0.227. The van der Waals surface area contributed by atoms with E-state index in [0.29, 0.717) is 10.2 Å². The van der Waals surface area contributed by atoms with Crippen molar-refractivity contribution in [1.29, 1.82) is 0 Å². The number of hydrogen-bond acceptors (Lipinski definition) is 4. The smallest absolute Gasteiger partial charge is 0.407 e. The number of aliphatic carboxylic acids is 1. The Morgan fingerprint density at radius 2 is 1.77 bits per heavy atom. The van der Waals surface area contributed by atoms with Crippen molar-refractivity contribution in [3.8, 4) is 11.1 Å². The van der Waals surface area contributed by atoms with Crippen molar-refractivity contribution in [2.75, 3.05) is 6.61 Å². The van der Waals surface area contributed by atoms with Crippen molar-refractivity contribution in [3.05, 3.63) is 76.0 Å². The maximum absolute atomic E-state index is 12.5. The number of aromatic nitrogens is 2. The molecule has 1 atom stereocenters. The largest absolute Gasteiger partial charge is 0.481 e. The lowest BCUT2D eigenvalue weighted by molar-refractivity contribution is -0.137. The molecule has 0 unspecified atom stereocenters. The second-order valence-electron chi connectivity index (χ2n) is 7.13. The van der Waals surface area contributed by atoms with Crippen molar-refractivity contribution < 1.29 is 19.4 Å². The number of carboxylic acids is 1. The Morgan fingerprint density at radius 3 is 2.30 bits per heavy atom. The predicted molar refractivity (Wildman–Crippen MR) is 114 cm³/mol. The summed E-state index contributed by atoms with van der Waals surface area (Å²) < 4.78 is 7.70. The van der Waals surface area contributed by atoms with Crippen LogP contribution in [0.25, 0.3) is 11.1 Å². The second kappa shape index (κ2) is 8.31. The van der Waals surface area contributed by atoms with E-state index in [1.165, 1.54) is 6.20 Å². The molecule has 1 aliphatic carbocycles. The van der Waals surface area contributed by atoms with Crippen LogP contribution in [0, 0.1) is 0 Å². The van der Waals surface area contributed by atoms with Gasteiger partial charge in [0.15, 0.2) is 0 Å². The average Bonchev–Trinajstić information content (AvgIpc) is 3.23. The van der Waals surface area contributed by atoms with Crippen LogP contribution in [0.3, 0.4) is 0 Å². The van der Waals surface area contributed by atoms with Crippen LogP contribution in [0.5, 0.6) is 0 Å². The van der Waals surface area contributed by atoms with Crippen LogP contribution in [-0.2, 0) is 16.6 Å². The molecule has 1 aromatic heterocycles. The topological polar surface area (TPSA) is 93.5 Å². The van der Waals surface area contributed by atoms with Gasteiger partial charge in [-0.1, -0.05) is 48.5 Å². The summed E-state index contributed by atoms with van der Waals surface area (Å²) in [6.07, 6.45) is 0.578. The van der Waals surface area contributed by atoms with E-state index in [1.54, 1.807) is 11.7 Å². The standard InChI is InChI=1S/C22H20BrN3O4/c1-26-21(23)17(11-24-26)19(10-20(27)28)25-22(29)30-12-18-15-8-4-2-6-13(15)14-7-3-5-9-16(14)18/h2-9,11,18-19H,10,12H2,1H3,(H,25,29)(H,27,28)/t19-/m1/s1. The highest BCUT2D eigenvalue weighted by Gasteiger charge is 2.30. The minimum atomic E-state index is -1.03. The maximum Gasteiger partial charge on any atom is 0.407 e. The van der Waals surface area contributed by atoms with E-state index in [-0.39, 0.29) is 18.9 Å². The Bertz CT molecular complexity index is 1070. The number of benzene rings is 2. The summed E-state index contributed by atoms with van der Waals surface area (Å²) in [7, 11) is 1.72. The molecule has 2 N–H and O–H groups in total. The van der Waals surface area contributed by atoms with Crippen LogP contribution < -0.4 is 5.32 Å². The first kappa shape index (κ1) is 20.2. The van der Waals surface area contributed by atoms with Gasteiger partial charge in [-0.25, -0.2) is 4.79 Å². The van der Waals surface area contributed by atoms with Crippen LogP contribution in [0.1, 0.15) is 35.1 Å². The predicted octanol–water partition coefficient (Wildman–Crippen LogP) is 4.24. The number of alkyl carbamates (subject to hydrolysis) is 1. The van der Waals surface area contributed by atoms with Gasteiger partial charge in [0.05, 0.1) is 18.7 Å². The van der Waals surface area contributed by atoms with E-state index < -0.39 is 18.1 Å². The Labute approximate surface area is 181 Å². The number of fused-ring (bicyclic) bond motifs is 3. The molecule has 8 heteroatoms. The third kappa shape index (κ3) is 3.82. The van der Waals surface area contributed by atoms with Gasteiger partial charge in [0.2, 0.25) is 0 Å². The third-order valence-electron chi connectivity index (χ3n) is 5.28. The Hall–Kier alpha value is -3.13. The Kier molecular flexibility index (Phi) is 5.59. The van der Waals surface area contributed by atoms with Gasteiger partial charge in [-0.15, -0.1) is 0 Å². The molecule has 0 aliphatic heterocycles. The van der Waals surface area contributed by atoms with Gasteiger partial charge in [0, 0.05) is 18.5 Å². The molecular formula is C22H20BrN3O4. The van der Waals surface area contributed by atoms with Gasteiger partial charge >= 0.3 is 12.1 Å². The zero-order chi connectivity index (χ0) is 21.3. The normalized spacial score (nSPS) is 13.4. The molecule has 3 aromatic rings. The van der Waals surface area contributed by atoms with Crippen LogP contribution in [0.15, 0.2) is 59.3 Å². The highest BCUT2D eigenvalue weighted by Crippen LogP contribution is 2.44. The number of amides is 1. The lowest BCUT2D eigenvalue weighted by Crippen LogP contribution is -2.31. The van der Waals surface area contributed by atoms with Crippen molar-refractivity contribution in [2.24, 2.45) is 7.05 Å². The first-order valence-electron chi connectivity index (χ1n) is 9.46. The third-order valence-corrected chi connectivity index (χ3v) is 6.25. The molecule has 0 saturated heterocycles. The minimum Gasteiger partial charge on any atom is -0.481 e. The number of carbonyl (C=O) groups is 2. The molecule has 0 radical (unpaired) electrons. The number of nitrogens with zero attached hydrogens (tertiary/aromatic N) is 2. The zero-order valence-electron chi connectivity index (χ0n) is 16.2. The number of nitrogens with one attached hydrogen (secondary N) is 1. The van der Waals surface area contributed by atoms with E-state index in [1.807, 2.05) is 36.4 Å². The van der Waals surface area contributed by atoms with Crippen molar-refractivity contribution in [2.45, 2.75) is 18.4 Å². The fourth-order valence-corrected chi connectivity index (χ4v) is 4.34. The Balaban J connectivity index is 1.49. The van der Waals surface area contributed by atoms with Gasteiger partial charge in [-0.05, 0) is 38.2 Å². The number of rotatable bonds is 6. The summed E-state index contributed by atoms with van der Waals surface area (Å²) in [5.74, 6) is -1.10. The number of halogens is 1. The van der Waals surface area contributed by atoms with Gasteiger partial charge in [0.1, 0.15) is 11.2 Å². The van der Waals surface area contributed by atoms with E-state index in [0.717, 1.165) is 22.3 Å². The van der Waals surface area contributed by atoms with Gasteiger partial charge in [-0.2, -0.15) is 5.10 Å². The maximum atomic E-state index is 12.5. The number of ether oxygens (including phenoxy) is 1. The highest BCUT2D eigenvalue weighted by atomic mass is 79.9. The zero-order valence-corrected chi connectivity index (χ0v) is 17.8. The van der Waals surface area contributed by atoms with Gasteiger partial charge in [-0.3, -0.25) is 9.48 Å². The summed E-state index contributed by atoms with van der Waals surface area (Å²) in [5, 5.41) is 16.0. The molecule has 0 bridgehead atoms. The molecule has 1 heterocycles. The van der Waals surface area contributed by atoms with Crippen molar-refractivity contribution in [3.63, 3.8) is 0 Å². The second-order valence-corrected chi connectivity index (χ2v) is 7.89. The molecular weight excluding hydrogens is 450 g/mol. The summed E-state index contributed by atoms with van der Waals surface area (Å²) in [6.45, 7) is 0.161. The van der Waals surface area contributed by atoms with Crippen LogP contribution in [0.4, 0.5) is 4.79 Å². The van der Waals surface area contributed by atoms with Crippen LogP contribution in [-0.4, -0.2) is 33.6 Å². The first-order chi connectivity index (χ1) is 14.5. The van der Waals surface area contributed by atoms with E-state index in [4.69, 9.17) is 4.74 Å². The summed E-state index contributed by atoms with van der Waals surface area (Å²) >= 11 is 3.37. The van der Waals surface area contributed by atoms with Crippen LogP contribution >= 0.6 is 15.9 Å². The molecule has 0 saturated carbocycles. The lowest BCUT2D eigenvalue weighted by atomic mass is 9.98. The van der Waals surface area contributed by atoms with E-state index in [2.05, 4.69) is 38.5 Å². The summed E-state index contributed by atoms with van der Waals surface area (Å²) in [5.41, 5.74) is 5.09. The minimum absolute atomic E-state index is 0.0637. The van der Waals surface area contributed by atoms with Crippen molar-refractivity contribution in [1.82, 2.24) is 15.1 Å². The molecule has 154 valence electrons. The van der Waals surface area contributed by atoms with E-state index >= 15 is 0 Å². The summed E-state index contributed by atoms with van der Waals surface area (Å²) in [4.78, 5) is 23.8. The first-order valence-corrected chi connectivity index (χ1v) is 10.3. The van der Waals surface area contributed by atoms with Crippen LogP contribution in [0.2, 0.25) is 0 Å². The molecule has 7 nitrogen and oxygen atoms in total. The lowest BCUT2D eigenvalue weighted by Gasteiger charge is -2.18. The number of aryl methyl sites for hydroxylation is 1. The monoisotopic (exact) mass is 469 g/mol. The molecule has 2 aromatic carbocycles. The molecule has 0 fully saturated rings. The molecule has 1 amide bonds. The fourth-order valence-electron chi connectivity index (χ4n) is 3.87. The molecule has 30 heavy (non-hydrogen) atoms. The van der Waals surface area contributed by atoms with Gasteiger partial charge in [0.25, 0.3) is 0 Å². The molecule has 1 aliphatic rings. The number of carbonyl (C=O) groups excluding carboxylic acids is 1. The summed E-state index contributed by atoms with van der Waals surface area (Å²) in [6, 6.07) is 15.4. The van der Waals surface area contributed by atoms with Gasteiger partial charge < -0.3 is 15.2 Å². The average molecular weight is 470 g/mol. The Morgan fingerprint density at radius 1 is 1.17 bits per heavy atom. The van der Waals surface area contributed by atoms with E-state index in [9.17, 15) is 14.7 Å². The quantitative estimate of drug-likeness (QED) is 0.562. The highest BCUT2D eigenvalue weighted by molar-refractivity contribution is 9.10. The van der Waals surface area contributed by atoms with Crippen molar-refractivity contribution >= 4 is 28.0 Å². The number of hydrogen-bond donors (Lipinski definition) is 2. The number of carboxylic acid groups (broad SMARTS) is 1.